The van der Waals surface area contributed by atoms with E-state index in [4.69, 9.17) is 4.74 Å². The number of nitrogens with one attached hydrogen (secondary N) is 1. The molecule has 5 nitrogen and oxygen atoms in total. The molecule has 2 aliphatic rings. The highest BCUT2D eigenvalue weighted by Gasteiger charge is 2.46. The Balaban J connectivity index is 1.83. The smallest absolute Gasteiger partial charge is 0.246 e. The third-order valence-electron chi connectivity index (χ3n) is 5.93. The summed E-state index contributed by atoms with van der Waals surface area (Å²) in [6.45, 7) is 3.79. The van der Waals surface area contributed by atoms with E-state index in [1.54, 1.807) is 11.3 Å². The molecular formula is C20H32N2O3S. The van der Waals surface area contributed by atoms with Gasteiger partial charge in [0, 0.05) is 25.1 Å². The van der Waals surface area contributed by atoms with Gasteiger partial charge in [0.1, 0.15) is 6.61 Å². The Labute approximate surface area is 160 Å². The Morgan fingerprint density at radius 1 is 1.42 bits per heavy atom. The maximum absolute atomic E-state index is 12.2. The minimum Gasteiger partial charge on any atom is -0.388 e. The molecule has 1 aromatic heterocycles. The summed E-state index contributed by atoms with van der Waals surface area (Å²) in [6, 6.07) is 3.86. The van der Waals surface area contributed by atoms with Gasteiger partial charge in [-0.3, -0.25) is 9.69 Å². The second-order valence-electron chi connectivity index (χ2n) is 8.04. The lowest BCUT2D eigenvalue weighted by Crippen LogP contribution is -2.63. The summed E-state index contributed by atoms with van der Waals surface area (Å²) in [6.07, 6.45) is 7.27. The number of amides is 1. The van der Waals surface area contributed by atoms with Gasteiger partial charge < -0.3 is 15.2 Å². The fourth-order valence-corrected chi connectivity index (χ4v) is 5.40. The molecule has 3 unspecified atom stereocenters. The third kappa shape index (κ3) is 4.66. The number of carbonyl (C=O) groups is 1. The molecule has 0 bridgehead atoms. The van der Waals surface area contributed by atoms with E-state index >= 15 is 0 Å². The molecule has 146 valence electrons. The van der Waals surface area contributed by atoms with E-state index in [2.05, 4.69) is 27.7 Å². The van der Waals surface area contributed by atoms with Crippen molar-refractivity contribution in [2.45, 2.75) is 63.1 Å². The lowest BCUT2D eigenvalue weighted by Gasteiger charge is -2.49. The number of aliphatic hydroxyl groups is 1. The molecule has 1 saturated heterocycles. The Hall–Kier alpha value is -0.950. The number of rotatable bonds is 6. The van der Waals surface area contributed by atoms with Crippen LogP contribution in [0.4, 0.5) is 0 Å². The van der Waals surface area contributed by atoms with Crippen molar-refractivity contribution in [3.63, 3.8) is 0 Å². The zero-order chi connectivity index (χ0) is 18.6. The normalized spacial score (nSPS) is 31.0. The number of hydrogen-bond acceptors (Lipinski definition) is 5. The standard InChI is InChI=1S/C20H32N2O3S/c1-20(24)10-11-22(13-15-7-4-3-5-8-15)18(16-9-6-12-26-16)19(20)21-17(23)14-25-2/h6,9,12,15,18-19,24H,3-5,7-8,10-11,13-14H2,1-2H3,(H,21,23). The van der Waals surface area contributed by atoms with Crippen molar-refractivity contribution in [3.8, 4) is 0 Å². The molecule has 2 heterocycles. The molecule has 1 aliphatic heterocycles. The number of thiophene rings is 1. The first kappa shape index (κ1) is 19.8. The molecule has 0 spiro atoms. The molecule has 3 rings (SSSR count). The summed E-state index contributed by atoms with van der Waals surface area (Å²) < 4.78 is 4.98. The van der Waals surface area contributed by atoms with Crippen molar-refractivity contribution < 1.29 is 14.6 Å². The van der Waals surface area contributed by atoms with Crippen LogP contribution in [0.25, 0.3) is 0 Å². The van der Waals surface area contributed by atoms with Crippen LogP contribution in [0.2, 0.25) is 0 Å². The second-order valence-corrected chi connectivity index (χ2v) is 9.02. The largest absolute Gasteiger partial charge is 0.388 e. The van der Waals surface area contributed by atoms with Gasteiger partial charge in [0.05, 0.1) is 17.7 Å². The van der Waals surface area contributed by atoms with Gasteiger partial charge in [-0.2, -0.15) is 0 Å². The van der Waals surface area contributed by atoms with Gasteiger partial charge in [0.15, 0.2) is 0 Å². The molecule has 0 aromatic carbocycles. The number of hydrogen-bond donors (Lipinski definition) is 2. The lowest BCUT2D eigenvalue weighted by molar-refractivity contribution is -0.132. The molecule has 26 heavy (non-hydrogen) atoms. The zero-order valence-corrected chi connectivity index (χ0v) is 16.8. The van der Waals surface area contributed by atoms with Gasteiger partial charge in [-0.15, -0.1) is 11.3 Å². The Morgan fingerprint density at radius 3 is 2.85 bits per heavy atom. The van der Waals surface area contributed by atoms with Gasteiger partial charge >= 0.3 is 0 Å². The fourth-order valence-electron chi connectivity index (χ4n) is 4.51. The summed E-state index contributed by atoms with van der Waals surface area (Å²) >= 11 is 1.70. The number of likely N-dealkylation sites (tertiary alicyclic amines) is 1. The minimum atomic E-state index is -0.929. The zero-order valence-electron chi connectivity index (χ0n) is 15.9. The van der Waals surface area contributed by atoms with E-state index in [1.165, 1.54) is 44.1 Å². The van der Waals surface area contributed by atoms with E-state index in [0.29, 0.717) is 6.42 Å². The van der Waals surface area contributed by atoms with Crippen LogP contribution in [0.1, 0.15) is 56.4 Å². The molecule has 6 heteroatoms. The van der Waals surface area contributed by atoms with Crippen molar-refractivity contribution in [1.82, 2.24) is 10.2 Å². The van der Waals surface area contributed by atoms with E-state index in [1.807, 2.05) is 6.92 Å². The molecule has 2 N–H and O–H groups in total. The van der Waals surface area contributed by atoms with Gasteiger partial charge in [-0.05, 0) is 43.6 Å². The van der Waals surface area contributed by atoms with E-state index in [9.17, 15) is 9.90 Å². The van der Waals surface area contributed by atoms with Gasteiger partial charge in [-0.25, -0.2) is 0 Å². The van der Waals surface area contributed by atoms with Crippen LogP contribution in [0.15, 0.2) is 17.5 Å². The van der Waals surface area contributed by atoms with Crippen molar-refractivity contribution in [1.29, 1.82) is 0 Å². The monoisotopic (exact) mass is 380 g/mol. The number of piperidine rings is 1. The number of carbonyl (C=O) groups excluding carboxylic acids is 1. The van der Waals surface area contributed by atoms with Crippen molar-refractivity contribution in [3.05, 3.63) is 22.4 Å². The van der Waals surface area contributed by atoms with Crippen molar-refractivity contribution >= 4 is 17.2 Å². The van der Waals surface area contributed by atoms with E-state index in [-0.39, 0.29) is 24.6 Å². The van der Waals surface area contributed by atoms with Gasteiger partial charge in [0.25, 0.3) is 0 Å². The summed E-state index contributed by atoms with van der Waals surface area (Å²) in [5.41, 5.74) is -0.929. The first-order valence-electron chi connectivity index (χ1n) is 9.79. The summed E-state index contributed by atoms with van der Waals surface area (Å²) in [5, 5.41) is 16.2. The molecule has 3 atom stereocenters. The van der Waals surface area contributed by atoms with Crippen LogP contribution in [0.3, 0.4) is 0 Å². The Morgan fingerprint density at radius 2 is 2.19 bits per heavy atom. The SMILES string of the molecule is COCC(=O)NC1C(c2cccs2)N(CC2CCCCC2)CCC1(C)O. The first-order chi connectivity index (χ1) is 12.5. The lowest BCUT2D eigenvalue weighted by atomic mass is 9.80. The number of nitrogens with zero attached hydrogens (tertiary/aromatic N) is 1. The first-order valence-corrected chi connectivity index (χ1v) is 10.7. The highest BCUT2D eigenvalue weighted by molar-refractivity contribution is 7.10. The van der Waals surface area contributed by atoms with Crippen LogP contribution in [-0.4, -0.2) is 54.4 Å². The molecule has 1 amide bonds. The second kappa shape index (κ2) is 8.83. The predicted molar refractivity (Wildman–Crippen MR) is 104 cm³/mol. The van der Waals surface area contributed by atoms with Gasteiger partial charge in [-0.1, -0.05) is 25.3 Å². The number of methoxy groups -OCH3 is 1. The summed E-state index contributed by atoms with van der Waals surface area (Å²) in [4.78, 5) is 16.0. The van der Waals surface area contributed by atoms with Crippen LogP contribution < -0.4 is 5.32 Å². The van der Waals surface area contributed by atoms with Crippen molar-refractivity contribution in [2.75, 3.05) is 26.8 Å². The van der Waals surface area contributed by atoms with Crippen LogP contribution in [0.5, 0.6) is 0 Å². The van der Waals surface area contributed by atoms with E-state index in [0.717, 1.165) is 19.0 Å². The summed E-state index contributed by atoms with van der Waals surface area (Å²) in [5.74, 6) is 0.559. The summed E-state index contributed by atoms with van der Waals surface area (Å²) in [7, 11) is 1.52. The molecule has 2 fully saturated rings. The fraction of sp³-hybridized carbons (Fsp3) is 0.750. The van der Waals surface area contributed by atoms with E-state index < -0.39 is 5.60 Å². The highest BCUT2D eigenvalue weighted by atomic mass is 32.1. The topological polar surface area (TPSA) is 61.8 Å². The third-order valence-corrected chi connectivity index (χ3v) is 6.87. The molecule has 1 saturated carbocycles. The minimum absolute atomic E-state index is 0.0153. The highest BCUT2D eigenvalue weighted by Crippen LogP contribution is 2.40. The van der Waals surface area contributed by atoms with Gasteiger partial charge in [0.2, 0.25) is 5.91 Å². The molecule has 1 aromatic rings. The maximum atomic E-state index is 12.2. The van der Waals surface area contributed by atoms with Crippen LogP contribution in [-0.2, 0) is 9.53 Å². The predicted octanol–water partition coefficient (Wildman–Crippen LogP) is 2.96. The molecule has 1 aliphatic carbocycles. The van der Waals surface area contributed by atoms with Crippen molar-refractivity contribution in [2.24, 2.45) is 5.92 Å². The average Bonchev–Trinajstić information content (AvgIpc) is 3.13. The molecular weight excluding hydrogens is 348 g/mol. The Bertz CT molecular complexity index is 570. The Kier molecular flexibility index (Phi) is 6.72. The average molecular weight is 381 g/mol. The van der Waals surface area contributed by atoms with Crippen LogP contribution in [0, 0.1) is 5.92 Å². The maximum Gasteiger partial charge on any atom is 0.246 e. The number of ether oxygens (including phenoxy) is 1. The molecule has 0 radical (unpaired) electrons. The van der Waals surface area contributed by atoms with Crippen LogP contribution >= 0.6 is 11.3 Å². The quantitative estimate of drug-likeness (QED) is 0.797.